The third kappa shape index (κ3) is 4.64. The van der Waals surface area contributed by atoms with Crippen LogP contribution in [0.25, 0.3) is 27.3 Å². The first-order valence-electron chi connectivity index (χ1n) is 10.2. The number of rotatable bonds is 7. The van der Waals surface area contributed by atoms with Gasteiger partial charge in [0.05, 0.1) is 28.1 Å². The molecule has 2 heterocycles. The maximum absolute atomic E-state index is 14.5. The van der Waals surface area contributed by atoms with E-state index in [4.69, 9.17) is 0 Å². The van der Waals surface area contributed by atoms with E-state index in [1.165, 1.54) is 17.8 Å². The van der Waals surface area contributed by atoms with Gasteiger partial charge in [-0.15, -0.1) is 21.5 Å². The number of aromatic nitrogens is 4. The highest BCUT2D eigenvalue weighted by atomic mass is 32.2. The Morgan fingerprint density at radius 3 is 2.55 bits per heavy atom. The van der Waals surface area contributed by atoms with Gasteiger partial charge in [0.2, 0.25) is 5.91 Å². The summed E-state index contributed by atoms with van der Waals surface area (Å²) in [5.41, 5.74) is 2.07. The summed E-state index contributed by atoms with van der Waals surface area (Å²) in [7, 11) is 0. The fourth-order valence-corrected chi connectivity index (χ4v) is 5.03. The van der Waals surface area contributed by atoms with Crippen LogP contribution < -0.4 is 5.32 Å². The quantitative estimate of drug-likeness (QED) is 0.332. The van der Waals surface area contributed by atoms with Crippen LogP contribution in [-0.2, 0) is 11.3 Å². The topological polar surface area (TPSA) is 72.7 Å². The minimum atomic E-state index is -0.382. The average molecular weight is 476 g/mol. The number of benzene rings is 3. The Hall–Kier alpha value is -3.56. The Kier molecular flexibility index (Phi) is 6.14. The Bertz CT molecular complexity index is 1380. The van der Waals surface area contributed by atoms with E-state index in [1.807, 2.05) is 54.6 Å². The first-order valence-corrected chi connectivity index (χ1v) is 12.0. The van der Waals surface area contributed by atoms with Gasteiger partial charge in [0.1, 0.15) is 10.8 Å². The van der Waals surface area contributed by atoms with Crippen LogP contribution in [0.2, 0.25) is 0 Å². The number of nitrogens with zero attached hydrogens (tertiary/aromatic N) is 4. The summed E-state index contributed by atoms with van der Waals surface area (Å²) in [6.45, 7) is 0.366. The van der Waals surface area contributed by atoms with E-state index in [0.717, 1.165) is 20.9 Å². The molecule has 6 nitrogen and oxygen atoms in total. The van der Waals surface area contributed by atoms with Crippen molar-refractivity contribution in [3.05, 3.63) is 89.7 Å². The molecule has 33 heavy (non-hydrogen) atoms. The van der Waals surface area contributed by atoms with Crippen LogP contribution in [0.5, 0.6) is 0 Å². The van der Waals surface area contributed by atoms with Crippen molar-refractivity contribution in [3.8, 4) is 17.1 Å². The van der Waals surface area contributed by atoms with Crippen molar-refractivity contribution in [1.82, 2.24) is 25.1 Å². The van der Waals surface area contributed by atoms with Gasteiger partial charge in [-0.25, -0.2) is 9.37 Å². The normalized spacial score (nSPS) is 11.1. The van der Waals surface area contributed by atoms with E-state index in [0.29, 0.717) is 23.1 Å². The summed E-state index contributed by atoms with van der Waals surface area (Å²) in [5.74, 6) is 0.00541. The molecule has 0 radical (unpaired) electrons. The summed E-state index contributed by atoms with van der Waals surface area (Å²) >= 11 is 2.81. The van der Waals surface area contributed by atoms with E-state index < -0.39 is 0 Å². The van der Waals surface area contributed by atoms with E-state index in [1.54, 1.807) is 34.1 Å². The van der Waals surface area contributed by atoms with Gasteiger partial charge in [0.15, 0.2) is 11.0 Å². The molecule has 0 aliphatic heterocycles. The number of thioether (sulfide) groups is 1. The molecular formula is C24H18FN5OS2. The number of halogens is 1. The van der Waals surface area contributed by atoms with Crippen LogP contribution in [-0.4, -0.2) is 31.4 Å². The Balaban J connectivity index is 1.33. The molecule has 0 atom stereocenters. The molecule has 0 unspecified atom stereocenters. The minimum absolute atomic E-state index is 0.144. The molecule has 0 aliphatic rings. The van der Waals surface area contributed by atoms with Gasteiger partial charge in [0.25, 0.3) is 0 Å². The van der Waals surface area contributed by atoms with Crippen LogP contribution in [0, 0.1) is 5.82 Å². The lowest BCUT2D eigenvalue weighted by molar-refractivity contribution is -0.118. The summed E-state index contributed by atoms with van der Waals surface area (Å²) in [5, 5.41) is 12.7. The number of fused-ring (bicyclic) bond motifs is 1. The third-order valence-corrected chi connectivity index (χ3v) is 6.84. The van der Waals surface area contributed by atoms with Crippen molar-refractivity contribution >= 4 is 39.2 Å². The lowest BCUT2D eigenvalue weighted by Gasteiger charge is -2.10. The smallest absolute Gasteiger partial charge is 0.230 e. The van der Waals surface area contributed by atoms with Crippen LogP contribution in [0.1, 0.15) is 5.01 Å². The number of para-hydroxylation sites is 2. The van der Waals surface area contributed by atoms with Gasteiger partial charge in [-0.1, -0.05) is 54.2 Å². The first-order chi connectivity index (χ1) is 16.2. The molecular weight excluding hydrogens is 457 g/mol. The summed E-state index contributed by atoms with van der Waals surface area (Å²) in [6.07, 6.45) is 0. The molecule has 1 N–H and O–H groups in total. The maximum atomic E-state index is 14.5. The number of carbonyl (C=O) groups excluding carboxylic acids is 1. The molecule has 2 aromatic heterocycles. The summed E-state index contributed by atoms with van der Waals surface area (Å²) in [4.78, 5) is 17.0. The zero-order chi connectivity index (χ0) is 22.6. The van der Waals surface area contributed by atoms with Gasteiger partial charge >= 0.3 is 0 Å². The molecule has 9 heteroatoms. The number of thiazole rings is 1. The average Bonchev–Trinajstić information content (AvgIpc) is 3.46. The lowest BCUT2D eigenvalue weighted by atomic mass is 10.2. The van der Waals surface area contributed by atoms with Gasteiger partial charge < -0.3 is 5.32 Å². The van der Waals surface area contributed by atoms with Crippen molar-refractivity contribution in [1.29, 1.82) is 0 Å². The second-order valence-corrected chi connectivity index (χ2v) is 9.16. The Labute approximate surface area is 197 Å². The molecule has 164 valence electrons. The third-order valence-electron chi connectivity index (χ3n) is 4.87. The summed E-state index contributed by atoms with van der Waals surface area (Å²) < 4.78 is 17.3. The number of carbonyl (C=O) groups is 1. The van der Waals surface area contributed by atoms with E-state index in [-0.39, 0.29) is 17.5 Å². The van der Waals surface area contributed by atoms with Crippen LogP contribution in [0.15, 0.2) is 84.0 Å². The van der Waals surface area contributed by atoms with Crippen molar-refractivity contribution in [2.45, 2.75) is 11.7 Å². The Morgan fingerprint density at radius 2 is 1.73 bits per heavy atom. The fourth-order valence-electron chi connectivity index (χ4n) is 3.34. The fraction of sp³-hybridized carbons (Fsp3) is 0.0833. The molecule has 0 saturated heterocycles. The number of hydrogen-bond donors (Lipinski definition) is 1. The molecule has 0 aliphatic carbocycles. The zero-order valence-corrected chi connectivity index (χ0v) is 18.9. The highest BCUT2D eigenvalue weighted by Gasteiger charge is 2.19. The predicted molar refractivity (Wildman–Crippen MR) is 129 cm³/mol. The predicted octanol–water partition coefficient (Wildman–Crippen LogP) is 5.09. The van der Waals surface area contributed by atoms with E-state index in [2.05, 4.69) is 20.5 Å². The van der Waals surface area contributed by atoms with E-state index in [9.17, 15) is 9.18 Å². The molecule has 0 spiro atoms. The SMILES string of the molecule is O=C(CSc1nnc(-c2ccccc2F)n1-c1ccccc1)NCc1nc2ccccc2s1. The van der Waals surface area contributed by atoms with Gasteiger partial charge in [-0.3, -0.25) is 9.36 Å². The second-order valence-electron chi connectivity index (χ2n) is 7.10. The maximum Gasteiger partial charge on any atom is 0.230 e. The highest BCUT2D eigenvalue weighted by molar-refractivity contribution is 7.99. The van der Waals surface area contributed by atoms with E-state index >= 15 is 0 Å². The molecule has 5 rings (SSSR count). The largest absolute Gasteiger partial charge is 0.349 e. The van der Waals surface area contributed by atoms with Crippen LogP contribution in [0.3, 0.4) is 0 Å². The Morgan fingerprint density at radius 1 is 0.970 bits per heavy atom. The van der Waals surface area contributed by atoms with Crippen molar-refractivity contribution < 1.29 is 9.18 Å². The number of amides is 1. The molecule has 0 saturated carbocycles. The van der Waals surface area contributed by atoms with Crippen LogP contribution in [0.4, 0.5) is 4.39 Å². The van der Waals surface area contributed by atoms with Gasteiger partial charge in [-0.2, -0.15) is 0 Å². The van der Waals surface area contributed by atoms with Crippen molar-refractivity contribution in [2.24, 2.45) is 0 Å². The monoisotopic (exact) mass is 475 g/mol. The van der Waals surface area contributed by atoms with Gasteiger partial charge in [-0.05, 0) is 36.4 Å². The highest BCUT2D eigenvalue weighted by Crippen LogP contribution is 2.29. The second kappa shape index (κ2) is 9.51. The number of nitrogens with one attached hydrogen (secondary N) is 1. The number of hydrogen-bond acceptors (Lipinski definition) is 6. The molecule has 0 fully saturated rings. The molecule has 5 aromatic rings. The van der Waals surface area contributed by atoms with Crippen molar-refractivity contribution in [2.75, 3.05) is 5.75 Å². The minimum Gasteiger partial charge on any atom is -0.349 e. The lowest BCUT2D eigenvalue weighted by Crippen LogP contribution is -2.24. The zero-order valence-electron chi connectivity index (χ0n) is 17.3. The van der Waals surface area contributed by atoms with Crippen molar-refractivity contribution in [3.63, 3.8) is 0 Å². The van der Waals surface area contributed by atoms with Crippen LogP contribution >= 0.6 is 23.1 Å². The molecule has 1 amide bonds. The summed E-state index contributed by atoms with van der Waals surface area (Å²) in [6, 6.07) is 23.8. The molecule has 0 bridgehead atoms. The first kappa shape index (κ1) is 21.3. The van der Waals surface area contributed by atoms with Gasteiger partial charge in [0, 0.05) is 5.69 Å². The molecule has 3 aromatic carbocycles. The standard InChI is InChI=1S/C24H18FN5OS2/c25-18-11-5-4-10-17(18)23-28-29-24(30(23)16-8-2-1-3-9-16)32-15-21(31)26-14-22-27-19-12-6-7-13-20(19)33-22/h1-13H,14-15H2,(H,26,31).